The molecule has 0 unspecified atom stereocenters. The highest BCUT2D eigenvalue weighted by Gasteiger charge is 2.16. The monoisotopic (exact) mass is 389 g/mol. The third-order valence-electron chi connectivity index (χ3n) is 5.09. The first kappa shape index (κ1) is 18.3. The van der Waals surface area contributed by atoms with Gasteiger partial charge < -0.3 is 9.30 Å². The van der Waals surface area contributed by atoms with Crippen LogP contribution in [0.5, 0.6) is 5.75 Å². The molecule has 4 heteroatoms. The molecule has 0 radical (unpaired) electrons. The Labute approximate surface area is 168 Å². The van der Waals surface area contributed by atoms with E-state index in [-0.39, 0.29) is 5.56 Å². The number of aromatic nitrogens is 1. The van der Waals surface area contributed by atoms with E-state index in [0.29, 0.717) is 10.8 Å². The average molecular weight is 390 g/mol. The van der Waals surface area contributed by atoms with Gasteiger partial charge in [0.1, 0.15) is 5.75 Å². The Morgan fingerprint density at radius 1 is 0.893 bits per heavy atom. The highest BCUT2D eigenvalue weighted by Crippen LogP contribution is 2.39. The fourth-order valence-corrected chi connectivity index (χ4v) is 3.75. The SMILES string of the molecule is COc1cc2c(cc1-c1ccccc1Cl)c(-c1ccc(C)cc1)cc(=O)n2C. The number of ether oxygens (including phenoxy) is 1. The minimum Gasteiger partial charge on any atom is -0.496 e. The molecule has 0 amide bonds. The number of aryl methyl sites for hydroxylation is 2. The second-order valence-corrected chi connectivity index (χ2v) is 7.28. The summed E-state index contributed by atoms with van der Waals surface area (Å²) < 4.78 is 7.29. The number of hydrogen-bond donors (Lipinski definition) is 0. The molecule has 3 aromatic carbocycles. The molecular formula is C24H20ClNO2. The number of benzene rings is 3. The summed E-state index contributed by atoms with van der Waals surface area (Å²) in [6, 6.07) is 21.5. The van der Waals surface area contributed by atoms with E-state index < -0.39 is 0 Å². The van der Waals surface area contributed by atoms with Gasteiger partial charge in [-0.2, -0.15) is 0 Å². The van der Waals surface area contributed by atoms with Gasteiger partial charge in [0.15, 0.2) is 0 Å². The number of fused-ring (bicyclic) bond motifs is 1. The summed E-state index contributed by atoms with van der Waals surface area (Å²) in [5, 5.41) is 1.63. The molecule has 1 heterocycles. The second-order valence-electron chi connectivity index (χ2n) is 6.87. The summed E-state index contributed by atoms with van der Waals surface area (Å²) in [6.45, 7) is 2.05. The third kappa shape index (κ3) is 3.08. The van der Waals surface area contributed by atoms with Crippen molar-refractivity contribution >= 4 is 22.5 Å². The van der Waals surface area contributed by atoms with Crippen molar-refractivity contribution in [2.45, 2.75) is 6.92 Å². The van der Waals surface area contributed by atoms with Gasteiger partial charge in [0.25, 0.3) is 5.56 Å². The van der Waals surface area contributed by atoms with Gasteiger partial charge in [-0.15, -0.1) is 0 Å². The second kappa shape index (κ2) is 7.17. The van der Waals surface area contributed by atoms with Crippen molar-refractivity contribution in [3.05, 3.63) is 87.7 Å². The number of hydrogen-bond acceptors (Lipinski definition) is 2. The number of halogens is 1. The fraction of sp³-hybridized carbons (Fsp3) is 0.125. The van der Waals surface area contributed by atoms with Crippen molar-refractivity contribution in [3.63, 3.8) is 0 Å². The minimum atomic E-state index is -0.0596. The molecule has 28 heavy (non-hydrogen) atoms. The number of methoxy groups -OCH3 is 1. The summed E-state index contributed by atoms with van der Waals surface area (Å²) in [5.41, 5.74) is 5.62. The Bertz CT molecular complexity index is 1240. The molecule has 0 N–H and O–H groups in total. The van der Waals surface area contributed by atoms with Crippen LogP contribution in [0.25, 0.3) is 33.2 Å². The predicted octanol–water partition coefficient (Wildman–Crippen LogP) is 5.84. The first-order valence-electron chi connectivity index (χ1n) is 9.03. The molecule has 0 aliphatic carbocycles. The van der Waals surface area contributed by atoms with E-state index in [2.05, 4.69) is 18.2 Å². The Morgan fingerprint density at radius 2 is 1.61 bits per heavy atom. The van der Waals surface area contributed by atoms with Crippen molar-refractivity contribution in [2.75, 3.05) is 7.11 Å². The molecule has 0 aliphatic rings. The van der Waals surface area contributed by atoms with E-state index in [1.54, 1.807) is 24.8 Å². The van der Waals surface area contributed by atoms with Crippen molar-refractivity contribution in [3.8, 4) is 28.0 Å². The molecule has 0 atom stereocenters. The first-order valence-corrected chi connectivity index (χ1v) is 9.41. The molecule has 0 aliphatic heterocycles. The zero-order valence-electron chi connectivity index (χ0n) is 16.0. The van der Waals surface area contributed by atoms with Gasteiger partial charge in [0.2, 0.25) is 0 Å². The van der Waals surface area contributed by atoms with E-state index in [0.717, 1.165) is 33.2 Å². The molecule has 4 rings (SSSR count). The maximum atomic E-state index is 12.6. The van der Waals surface area contributed by atoms with E-state index in [9.17, 15) is 4.79 Å². The maximum Gasteiger partial charge on any atom is 0.251 e. The summed E-state index contributed by atoms with van der Waals surface area (Å²) in [4.78, 5) is 12.6. The normalized spacial score (nSPS) is 11.0. The summed E-state index contributed by atoms with van der Waals surface area (Å²) in [5.74, 6) is 0.677. The van der Waals surface area contributed by atoms with Crippen molar-refractivity contribution in [1.29, 1.82) is 0 Å². The van der Waals surface area contributed by atoms with E-state index >= 15 is 0 Å². The summed E-state index contributed by atoms with van der Waals surface area (Å²) >= 11 is 6.46. The molecule has 4 aromatic rings. The van der Waals surface area contributed by atoms with E-state index in [4.69, 9.17) is 16.3 Å². The molecule has 0 spiro atoms. The first-order chi connectivity index (χ1) is 13.5. The molecular weight excluding hydrogens is 370 g/mol. The Kier molecular flexibility index (Phi) is 4.70. The van der Waals surface area contributed by atoms with Crippen LogP contribution < -0.4 is 10.3 Å². The highest BCUT2D eigenvalue weighted by atomic mass is 35.5. The number of nitrogens with zero attached hydrogens (tertiary/aromatic N) is 1. The quantitative estimate of drug-likeness (QED) is 0.440. The smallest absolute Gasteiger partial charge is 0.251 e. The molecule has 0 saturated carbocycles. The zero-order valence-corrected chi connectivity index (χ0v) is 16.7. The summed E-state index contributed by atoms with van der Waals surface area (Å²) in [7, 11) is 3.40. The van der Waals surface area contributed by atoms with Crippen LogP contribution in [0, 0.1) is 6.92 Å². The van der Waals surface area contributed by atoms with Crippen molar-refractivity contribution < 1.29 is 4.74 Å². The summed E-state index contributed by atoms with van der Waals surface area (Å²) in [6.07, 6.45) is 0. The van der Waals surface area contributed by atoms with Crippen LogP contribution in [0.2, 0.25) is 5.02 Å². The van der Waals surface area contributed by atoms with Gasteiger partial charge in [0.05, 0.1) is 12.6 Å². The van der Waals surface area contributed by atoms with Gasteiger partial charge in [0, 0.05) is 40.7 Å². The van der Waals surface area contributed by atoms with Crippen LogP contribution >= 0.6 is 11.6 Å². The fourth-order valence-electron chi connectivity index (χ4n) is 3.51. The zero-order chi connectivity index (χ0) is 19.8. The minimum absolute atomic E-state index is 0.0596. The molecule has 0 fully saturated rings. The molecule has 0 bridgehead atoms. The van der Waals surface area contributed by atoms with Gasteiger partial charge in [-0.25, -0.2) is 0 Å². The average Bonchev–Trinajstić information content (AvgIpc) is 2.71. The van der Waals surface area contributed by atoms with Crippen molar-refractivity contribution in [2.24, 2.45) is 7.05 Å². The van der Waals surface area contributed by atoms with Crippen LogP contribution in [0.3, 0.4) is 0 Å². The largest absolute Gasteiger partial charge is 0.496 e. The number of pyridine rings is 1. The maximum absolute atomic E-state index is 12.6. The molecule has 0 saturated heterocycles. The van der Waals surface area contributed by atoms with Gasteiger partial charge >= 0.3 is 0 Å². The number of rotatable bonds is 3. The third-order valence-corrected chi connectivity index (χ3v) is 5.42. The van der Waals surface area contributed by atoms with Crippen LogP contribution in [0.15, 0.2) is 71.5 Å². The van der Waals surface area contributed by atoms with E-state index in [1.165, 1.54) is 5.56 Å². The highest BCUT2D eigenvalue weighted by molar-refractivity contribution is 6.33. The lowest BCUT2D eigenvalue weighted by molar-refractivity contribution is 0.417. The van der Waals surface area contributed by atoms with Gasteiger partial charge in [-0.1, -0.05) is 59.6 Å². The van der Waals surface area contributed by atoms with Crippen LogP contribution in [-0.4, -0.2) is 11.7 Å². The molecule has 3 nitrogen and oxygen atoms in total. The van der Waals surface area contributed by atoms with Crippen molar-refractivity contribution in [1.82, 2.24) is 4.57 Å². The van der Waals surface area contributed by atoms with E-state index in [1.807, 2.05) is 49.4 Å². The molecule has 1 aromatic heterocycles. The topological polar surface area (TPSA) is 31.2 Å². The Morgan fingerprint density at radius 3 is 2.29 bits per heavy atom. The van der Waals surface area contributed by atoms with Gasteiger partial charge in [-0.3, -0.25) is 4.79 Å². The Balaban J connectivity index is 2.10. The lowest BCUT2D eigenvalue weighted by Crippen LogP contribution is -2.16. The standard InChI is InChI=1S/C24H20ClNO2/c1-15-8-10-16(11-9-15)18-13-24(27)26(2)22-14-23(28-3)20(12-19(18)22)17-6-4-5-7-21(17)25/h4-14H,1-3H3. The lowest BCUT2D eigenvalue weighted by Gasteiger charge is -2.16. The van der Waals surface area contributed by atoms with Crippen LogP contribution in [-0.2, 0) is 7.05 Å². The molecule has 140 valence electrons. The lowest BCUT2D eigenvalue weighted by atomic mass is 9.96. The van der Waals surface area contributed by atoms with Crippen LogP contribution in [0.1, 0.15) is 5.56 Å². The van der Waals surface area contributed by atoms with Crippen LogP contribution in [0.4, 0.5) is 0 Å². The Hall–Kier alpha value is -3.04. The van der Waals surface area contributed by atoms with Gasteiger partial charge in [-0.05, 0) is 30.2 Å². The predicted molar refractivity (Wildman–Crippen MR) is 116 cm³/mol.